The Morgan fingerprint density at radius 1 is 0.828 bits per heavy atom. The second kappa shape index (κ2) is 18.9. The van der Waals surface area contributed by atoms with E-state index in [1.165, 1.54) is 12.5 Å². The lowest BCUT2D eigenvalue weighted by Crippen LogP contribution is -2.65. The van der Waals surface area contributed by atoms with Gasteiger partial charge in [0.05, 0.1) is 36.6 Å². The van der Waals surface area contributed by atoms with Crippen molar-refractivity contribution in [2.45, 2.75) is 210 Å². The van der Waals surface area contributed by atoms with Gasteiger partial charge in [0, 0.05) is 12.8 Å². The highest BCUT2D eigenvalue weighted by atomic mass is 32.3. The molecule has 0 radical (unpaired) electrons. The predicted molar refractivity (Wildman–Crippen MR) is 222 cm³/mol. The van der Waals surface area contributed by atoms with Crippen LogP contribution in [0.2, 0.25) is 0 Å². The van der Waals surface area contributed by atoms with E-state index in [-0.39, 0.29) is 47.7 Å². The molecular formula is C44H72O19S. The van der Waals surface area contributed by atoms with Gasteiger partial charge in [-0.15, -0.1) is 0 Å². The van der Waals surface area contributed by atoms with Gasteiger partial charge in [0.25, 0.3) is 0 Å². The number of aliphatic hydroxyl groups is 8. The summed E-state index contributed by atoms with van der Waals surface area (Å²) in [5.41, 5.74) is -0.951. The molecule has 6 fully saturated rings. The Bertz CT molecular complexity index is 1800. The average Bonchev–Trinajstić information content (AvgIpc) is 3.57. The summed E-state index contributed by atoms with van der Waals surface area (Å²) in [6, 6.07) is 0. The molecule has 0 aromatic heterocycles. The summed E-state index contributed by atoms with van der Waals surface area (Å²) in [5.74, 6) is -0.365. The highest BCUT2D eigenvalue weighted by Gasteiger charge is 2.63. The van der Waals surface area contributed by atoms with Gasteiger partial charge >= 0.3 is 10.4 Å². The summed E-state index contributed by atoms with van der Waals surface area (Å²) < 4.78 is 75.0. The maximum Gasteiger partial charge on any atom is 0.397 e. The molecule has 3 saturated carbocycles. The Labute approximate surface area is 375 Å². The second-order valence-corrected chi connectivity index (χ2v) is 22.1. The molecule has 19 nitrogen and oxygen atoms in total. The number of allylic oxidation sites excluding steroid dienone is 2. The molecule has 9 N–H and O–H groups in total. The summed E-state index contributed by atoms with van der Waals surface area (Å²) in [6.45, 7) is 12.6. The van der Waals surface area contributed by atoms with Crippen LogP contribution in [0, 0.1) is 40.4 Å². The van der Waals surface area contributed by atoms with Crippen LogP contribution in [0.4, 0.5) is 0 Å². The molecule has 0 bridgehead atoms. The highest BCUT2D eigenvalue weighted by molar-refractivity contribution is 7.80. The van der Waals surface area contributed by atoms with E-state index in [1.807, 2.05) is 13.8 Å². The van der Waals surface area contributed by atoms with Crippen molar-refractivity contribution in [3.8, 4) is 0 Å². The summed E-state index contributed by atoms with van der Waals surface area (Å²) in [5, 5.41) is 88.3. The molecule has 0 aromatic rings. The zero-order valence-electron chi connectivity index (χ0n) is 37.8. The molecule has 0 spiro atoms. The Morgan fingerprint density at radius 2 is 1.47 bits per heavy atom. The smallest absolute Gasteiger partial charge is 0.389 e. The number of fused-ring (bicyclic) bond motifs is 5. The zero-order valence-corrected chi connectivity index (χ0v) is 38.6. The van der Waals surface area contributed by atoms with Crippen molar-refractivity contribution in [2.75, 3.05) is 6.61 Å². The van der Waals surface area contributed by atoms with E-state index in [1.54, 1.807) is 13.8 Å². The molecule has 3 saturated heterocycles. The van der Waals surface area contributed by atoms with Crippen molar-refractivity contribution in [1.82, 2.24) is 0 Å². The Balaban J connectivity index is 1.15. The van der Waals surface area contributed by atoms with Crippen molar-refractivity contribution in [3.63, 3.8) is 0 Å². The van der Waals surface area contributed by atoms with Gasteiger partial charge in [-0.1, -0.05) is 39.3 Å². The molecule has 0 amide bonds. The topological polar surface area (TPSA) is 298 Å². The quantitative estimate of drug-likeness (QED) is 0.0905. The first-order chi connectivity index (χ1) is 29.8. The standard InChI is InChI=1S/C44H72O19S/c1-19(2)14-22(45)17-44(7,53)30-9-8-25-24-16-29(27-15-23(63-64(54,55)56)10-12-42(27,5)26(24)11-13-43(25,30)6)60-40-36(52)37(32(48)21(4)59-40)61-41-38(33(49)28(46)18-57-41)62-39-35(51)34(50)31(47)20(3)58-39/h11,19-21,23-25,27-41,46-53H,8-10,12-18H2,1-7H3,(H,54,55,56)/t20-,21-,23-,24-,25+,27+,28-,29-,30+,31-,32-,33+,34+,35-,36-,37+,38-,39+,40+,41+,42+,43-,44-/m0/s1. The minimum atomic E-state index is -4.79. The zero-order chi connectivity index (χ0) is 47.0. The van der Waals surface area contributed by atoms with E-state index in [4.69, 9.17) is 32.6 Å². The van der Waals surface area contributed by atoms with Gasteiger partial charge in [-0.3, -0.25) is 9.35 Å². The number of hydrogen-bond acceptors (Lipinski definition) is 18. The van der Waals surface area contributed by atoms with E-state index in [9.17, 15) is 58.6 Å². The first-order valence-electron chi connectivity index (χ1n) is 23.0. The summed E-state index contributed by atoms with van der Waals surface area (Å²) in [6.07, 6.45) is -16.4. The largest absolute Gasteiger partial charge is 0.397 e. The number of carbonyl (C=O) groups excluding carboxylic acids is 1. The van der Waals surface area contributed by atoms with Crippen LogP contribution < -0.4 is 0 Å². The van der Waals surface area contributed by atoms with Crippen LogP contribution in [-0.4, -0.2) is 170 Å². The summed E-state index contributed by atoms with van der Waals surface area (Å²) in [7, 11) is -4.79. The number of ether oxygens (including phenoxy) is 6. The minimum absolute atomic E-state index is 0.0243. The summed E-state index contributed by atoms with van der Waals surface area (Å²) >= 11 is 0. The second-order valence-electron chi connectivity index (χ2n) is 21.1. The van der Waals surface area contributed by atoms with Gasteiger partial charge in [-0.2, -0.15) is 8.42 Å². The van der Waals surface area contributed by atoms with Crippen molar-refractivity contribution >= 4 is 16.2 Å². The monoisotopic (exact) mass is 936 g/mol. The number of hydrogen-bond donors (Lipinski definition) is 9. The van der Waals surface area contributed by atoms with Crippen molar-refractivity contribution in [1.29, 1.82) is 0 Å². The van der Waals surface area contributed by atoms with Gasteiger partial charge in [0.15, 0.2) is 18.9 Å². The molecule has 23 atom stereocenters. The van der Waals surface area contributed by atoms with Crippen LogP contribution in [0.25, 0.3) is 0 Å². The van der Waals surface area contributed by atoms with E-state index >= 15 is 0 Å². The average molecular weight is 937 g/mol. The van der Waals surface area contributed by atoms with Crippen molar-refractivity contribution in [3.05, 3.63) is 11.6 Å². The van der Waals surface area contributed by atoms with Crippen LogP contribution in [0.15, 0.2) is 11.6 Å². The maximum atomic E-state index is 13.1. The lowest BCUT2D eigenvalue weighted by Gasteiger charge is -2.60. The van der Waals surface area contributed by atoms with Crippen LogP contribution in [-0.2, 0) is 47.8 Å². The Morgan fingerprint density at radius 3 is 2.12 bits per heavy atom. The van der Waals surface area contributed by atoms with Crippen LogP contribution in [0.5, 0.6) is 0 Å². The van der Waals surface area contributed by atoms with Crippen LogP contribution >= 0.6 is 0 Å². The minimum Gasteiger partial charge on any atom is -0.389 e. The summed E-state index contributed by atoms with van der Waals surface area (Å²) in [4.78, 5) is 13.1. The van der Waals surface area contributed by atoms with E-state index in [0.717, 1.165) is 6.42 Å². The normalized spacial score (nSPS) is 49.6. The number of aliphatic hydroxyl groups excluding tert-OH is 7. The Kier molecular flexibility index (Phi) is 14.9. The molecule has 4 aliphatic carbocycles. The van der Waals surface area contributed by atoms with Gasteiger partial charge in [-0.05, 0) is 106 Å². The van der Waals surface area contributed by atoms with Gasteiger partial charge in [0.2, 0.25) is 0 Å². The van der Waals surface area contributed by atoms with Crippen molar-refractivity contribution < 1.29 is 91.2 Å². The van der Waals surface area contributed by atoms with Crippen molar-refractivity contribution in [2.24, 2.45) is 40.4 Å². The van der Waals surface area contributed by atoms with Crippen LogP contribution in [0.3, 0.4) is 0 Å². The molecule has 0 aromatic carbocycles. The number of rotatable bonds is 13. The van der Waals surface area contributed by atoms with E-state index in [2.05, 4.69) is 19.9 Å². The molecule has 3 heterocycles. The molecule has 0 unspecified atom stereocenters. The number of ketones is 1. The van der Waals surface area contributed by atoms with Gasteiger partial charge in [0.1, 0.15) is 60.7 Å². The highest BCUT2D eigenvalue weighted by Crippen LogP contribution is 2.67. The molecule has 3 aliphatic heterocycles. The molecular weight excluding hydrogens is 865 g/mol. The molecule has 7 aliphatic rings. The third-order valence-electron chi connectivity index (χ3n) is 16.1. The third-order valence-corrected chi connectivity index (χ3v) is 16.6. The lowest BCUT2D eigenvalue weighted by molar-refractivity contribution is -0.379. The SMILES string of the molecule is CC(C)CC(=O)C[C@](C)(O)[C@@H]1CC[C@@H]2[C@@H]3C[C@H](O[C@H]4O[C@@H](C)[C@H](O)[C@@H](O[C@H]5OC[C@H](O)[C@@H](O)[C@@H]5O[C@H]5O[C@@H](C)[C@H](O)[C@@H](O)[C@@H]5O)[C@@H]4O)[C@H]4C[C@@H](OS(=O)(=O)O)CC[C@]4(C)C3=CC[C@@]21C. The first kappa shape index (κ1) is 50.6. The van der Waals surface area contributed by atoms with E-state index in [0.29, 0.717) is 38.5 Å². The number of carbonyl (C=O) groups is 1. The molecule has 64 heavy (non-hydrogen) atoms. The third kappa shape index (κ3) is 9.79. The fourth-order valence-electron chi connectivity index (χ4n) is 12.9. The van der Waals surface area contributed by atoms with E-state index < -0.39 is 132 Å². The molecule has 368 valence electrons. The first-order valence-corrected chi connectivity index (χ1v) is 24.4. The fourth-order valence-corrected chi connectivity index (χ4v) is 13.4. The predicted octanol–water partition coefficient (Wildman–Crippen LogP) is 0.647. The lowest BCUT2D eigenvalue weighted by atomic mass is 9.47. The van der Waals surface area contributed by atoms with Crippen LogP contribution in [0.1, 0.15) is 106 Å². The molecule has 20 heteroatoms. The maximum absolute atomic E-state index is 13.1. The van der Waals surface area contributed by atoms with Gasteiger partial charge in [-0.25, -0.2) is 4.18 Å². The van der Waals surface area contributed by atoms with Gasteiger partial charge < -0.3 is 69.3 Å². The molecule has 7 rings (SSSR count). The fraction of sp³-hybridized carbons (Fsp3) is 0.932. The Hall–Kier alpha value is -1.28. The number of Topliss-reactive ketones (excluding diaryl/α,β-unsaturated/α-hetero) is 1.